The molecule has 4 nitrogen and oxygen atoms in total. The summed E-state index contributed by atoms with van der Waals surface area (Å²) in [6.45, 7) is 1.70. The van der Waals surface area contributed by atoms with Gasteiger partial charge < -0.3 is 9.15 Å². The number of nitriles is 1. The molecule has 0 saturated heterocycles. The second kappa shape index (κ2) is 7.06. The van der Waals surface area contributed by atoms with Crippen LogP contribution in [0.5, 0.6) is 5.75 Å². The zero-order valence-electron chi connectivity index (χ0n) is 12.1. The normalized spacial score (nSPS) is 17.8. The van der Waals surface area contributed by atoms with Crippen molar-refractivity contribution in [3.63, 3.8) is 0 Å². The Morgan fingerprint density at radius 1 is 1.41 bits per heavy atom. The fraction of sp³-hybridized carbons (Fsp3) is 0.312. The quantitative estimate of drug-likeness (QED) is 0.823. The van der Waals surface area contributed by atoms with E-state index in [0.717, 1.165) is 30.8 Å². The topological polar surface area (TPSA) is 49.4 Å². The summed E-state index contributed by atoms with van der Waals surface area (Å²) >= 11 is 6.19. The Kier molecular flexibility index (Phi) is 5.36. The van der Waals surface area contributed by atoms with Gasteiger partial charge in [-0.15, -0.1) is 12.4 Å². The van der Waals surface area contributed by atoms with E-state index in [9.17, 15) is 0 Å². The SMILES string of the molecule is CN1CCC(Oc2ccc(C#N)cc2Cl)c2ccoc2C1.Cl. The van der Waals surface area contributed by atoms with Crippen LogP contribution in [0.4, 0.5) is 0 Å². The zero-order valence-corrected chi connectivity index (χ0v) is 13.7. The molecule has 6 heteroatoms. The molecule has 2 aromatic rings. The van der Waals surface area contributed by atoms with E-state index in [1.807, 2.05) is 6.07 Å². The molecule has 1 aliphatic heterocycles. The minimum absolute atomic E-state index is 0. The van der Waals surface area contributed by atoms with Crippen LogP contribution >= 0.6 is 24.0 Å². The lowest BCUT2D eigenvalue weighted by atomic mass is 10.1. The van der Waals surface area contributed by atoms with Gasteiger partial charge in [0.15, 0.2) is 0 Å². The van der Waals surface area contributed by atoms with Crippen LogP contribution in [-0.4, -0.2) is 18.5 Å². The van der Waals surface area contributed by atoms with Crippen LogP contribution in [-0.2, 0) is 6.54 Å². The van der Waals surface area contributed by atoms with Gasteiger partial charge in [-0.1, -0.05) is 11.6 Å². The van der Waals surface area contributed by atoms with Crippen LogP contribution in [0.2, 0.25) is 5.02 Å². The molecule has 1 atom stereocenters. The predicted molar refractivity (Wildman–Crippen MR) is 86.4 cm³/mol. The van der Waals surface area contributed by atoms with E-state index in [0.29, 0.717) is 16.3 Å². The number of fused-ring (bicyclic) bond motifs is 1. The van der Waals surface area contributed by atoms with Crippen LogP contribution in [0.25, 0.3) is 0 Å². The Bertz CT molecular complexity index is 694. The standard InChI is InChI=1S/C16H15ClN2O2.ClH/c1-19-6-4-14(12-5-7-20-16(12)10-19)21-15-3-2-11(9-18)8-13(15)17;/h2-3,5,7-8,14H,4,6,10H2,1H3;1H. The third-order valence-electron chi connectivity index (χ3n) is 3.64. The maximum absolute atomic E-state index is 8.88. The minimum Gasteiger partial charge on any atom is -0.484 e. The largest absolute Gasteiger partial charge is 0.484 e. The van der Waals surface area contributed by atoms with Gasteiger partial charge in [0, 0.05) is 18.5 Å². The third-order valence-corrected chi connectivity index (χ3v) is 3.94. The van der Waals surface area contributed by atoms with Gasteiger partial charge >= 0.3 is 0 Å². The van der Waals surface area contributed by atoms with E-state index in [1.165, 1.54) is 0 Å². The maximum atomic E-state index is 8.88. The summed E-state index contributed by atoms with van der Waals surface area (Å²) in [5.74, 6) is 1.53. The molecular formula is C16H16Cl2N2O2. The van der Waals surface area contributed by atoms with E-state index in [2.05, 4.69) is 18.0 Å². The van der Waals surface area contributed by atoms with Crippen molar-refractivity contribution in [2.45, 2.75) is 19.1 Å². The van der Waals surface area contributed by atoms with Gasteiger partial charge in [-0.2, -0.15) is 5.26 Å². The molecule has 0 N–H and O–H groups in total. The fourth-order valence-electron chi connectivity index (χ4n) is 2.52. The molecule has 0 saturated carbocycles. The smallest absolute Gasteiger partial charge is 0.138 e. The molecule has 1 unspecified atom stereocenters. The number of furan rings is 1. The molecule has 22 heavy (non-hydrogen) atoms. The molecule has 1 aromatic carbocycles. The molecular weight excluding hydrogens is 323 g/mol. The summed E-state index contributed by atoms with van der Waals surface area (Å²) in [5, 5.41) is 9.33. The van der Waals surface area contributed by atoms with Gasteiger partial charge in [0.2, 0.25) is 0 Å². The Morgan fingerprint density at radius 3 is 2.95 bits per heavy atom. The summed E-state index contributed by atoms with van der Waals surface area (Å²) in [6.07, 6.45) is 2.47. The van der Waals surface area contributed by atoms with E-state index in [4.69, 9.17) is 26.0 Å². The predicted octanol–water partition coefficient (Wildman–Crippen LogP) is 4.18. The third kappa shape index (κ3) is 3.38. The summed E-state index contributed by atoms with van der Waals surface area (Å²) < 4.78 is 11.6. The molecule has 0 aliphatic carbocycles. The van der Waals surface area contributed by atoms with Crippen molar-refractivity contribution in [3.05, 3.63) is 52.4 Å². The van der Waals surface area contributed by atoms with Crippen molar-refractivity contribution in [2.75, 3.05) is 13.6 Å². The Morgan fingerprint density at radius 2 is 2.23 bits per heavy atom. The van der Waals surface area contributed by atoms with Crippen molar-refractivity contribution >= 4 is 24.0 Å². The van der Waals surface area contributed by atoms with Crippen LogP contribution in [0.1, 0.15) is 29.4 Å². The van der Waals surface area contributed by atoms with Crippen LogP contribution in [0.3, 0.4) is 0 Å². The van der Waals surface area contributed by atoms with E-state index in [-0.39, 0.29) is 18.5 Å². The second-order valence-electron chi connectivity index (χ2n) is 5.19. The van der Waals surface area contributed by atoms with E-state index < -0.39 is 0 Å². The highest BCUT2D eigenvalue weighted by Crippen LogP contribution is 2.34. The van der Waals surface area contributed by atoms with Gasteiger partial charge in [0.25, 0.3) is 0 Å². The molecule has 2 heterocycles. The van der Waals surface area contributed by atoms with Crippen molar-refractivity contribution in [1.82, 2.24) is 4.90 Å². The minimum atomic E-state index is -0.0888. The number of hydrogen-bond donors (Lipinski definition) is 0. The highest BCUT2D eigenvalue weighted by Gasteiger charge is 2.25. The second-order valence-corrected chi connectivity index (χ2v) is 5.60. The summed E-state index contributed by atoms with van der Waals surface area (Å²) in [5.41, 5.74) is 1.59. The van der Waals surface area contributed by atoms with Crippen molar-refractivity contribution in [2.24, 2.45) is 0 Å². The summed E-state index contributed by atoms with van der Waals surface area (Å²) in [6, 6.07) is 9.09. The molecule has 116 valence electrons. The first-order valence-corrected chi connectivity index (χ1v) is 7.16. The monoisotopic (exact) mass is 338 g/mol. The lowest BCUT2D eigenvalue weighted by Crippen LogP contribution is -2.18. The van der Waals surface area contributed by atoms with E-state index >= 15 is 0 Å². The number of rotatable bonds is 2. The maximum Gasteiger partial charge on any atom is 0.138 e. The van der Waals surface area contributed by atoms with Crippen LogP contribution in [0.15, 0.2) is 34.9 Å². The molecule has 0 bridgehead atoms. The lowest BCUT2D eigenvalue weighted by molar-refractivity contribution is 0.182. The van der Waals surface area contributed by atoms with Crippen molar-refractivity contribution in [3.8, 4) is 11.8 Å². The van der Waals surface area contributed by atoms with Gasteiger partial charge in [0.05, 0.1) is 29.5 Å². The van der Waals surface area contributed by atoms with Gasteiger partial charge in [-0.25, -0.2) is 0 Å². The Hall–Kier alpha value is -1.67. The van der Waals surface area contributed by atoms with Crippen LogP contribution in [0, 0.1) is 11.3 Å². The van der Waals surface area contributed by atoms with Gasteiger partial charge in [-0.3, -0.25) is 4.90 Å². The molecule has 1 aromatic heterocycles. The van der Waals surface area contributed by atoms with Gasteiger partial charge in [-0.05, 0) is 31.3 Å². The molecule has 0 radical (unpaired) electrons. The number of hydrogen-bond acceptors (Lipinski definition) is 4. The average Bonchev–Trinajstić information content (AvgIpc) is 2.87. The molecule has 0 fully saturated rings. The number of benzene rings is 1. The van der Waals surface area contributed by atoms with Gasteiger partial charge in [0.1, 0.15) is 17.6 Å². The Balaban J connectivity index is 0.00000176. The highest BCUT2D eigenvalue weighted by atomic mass is 35.5. The Labute approximate surface area is 140 Å². The van der Waals surface area contributed by atoms with Crippen LogP contribution < -0.4 is 4.74 Å². The number of ether oxygens (including phenoxy) is 1. The summed E-state index contributed by atoms with van der Waals surface area (Å²) in [4.78, 5) is 2.20. The zero-order chi connectivity index (χ0) is 14.8. The van der Waals surface area contributed by atoms with Crippen molar-refractivity contribution in [1.29, 1.82) is 5.26 Å². The number of nitrogens with zero attached hydrogens (tertiary/aromatic N) is 2. The van der Waals surface area contributed by atoms with Crippen molar-refractivity contribution < 1.29 is 9.15 Å². The molecule has 1 aliphatic rings. The highest BCUT2D eigenvalue weighted by molar-refractivity contribution is 6.32. The molecule has 0 amide bonds. The first kappa shape index (κ1) is 16.7. The van der Waals surface area contributed by atoms with E-state index in [1.54, 1.807) is 24.5 Å². The average molecular weight is 339 g/mol. The first-order valence-electron chi connectivity index (χ1n) is 6.78. The molecule has 3 rings (SSSR count). The summed E-state index contributed by atoms with van der Waals surface area (Å²) in [7, 11) is 2.06. The number of halogens is 2. The fourth-order valence-corrected chi connectivity index (χ4v) is 2.75. The first-order chi connectivity index (χ1) is 10.2. The molecule has 0 spiro atoms. The lowest BCUT2D eigenvalue weighted by Gasteiger charge is -2.18.